The predicted octanol–water partition coefficient (Wildman–Crippen LogP) is 1.76. The number of carbonyl (C=O) groups excluding carboxylic acids is 1. The highest BCUT2D eigenvalue weighted by molar-refractivity contribution is 7.98. The molecule has 0 atom stereocenters. The number of thioether (sulfide) groups is 1. The minimum atomic E-state index is -0.337. The summed E-state index contributed by atoms with van der Waals surface area (Å²) < 4.78 is 6.67. The fourth-order valence-electron chi connectivity index (χ4n) is 2.52. The Labute approximate surface area is 154 Å². The molecule has 2 heterocycles. The first-order valence-corrected chi connectivity index (χ1v) is 9.13. The number of para-hydroxylation sites is 1. The monoisotopic (exact) mass is 373 g/mol. The van der Waals surface area contributed by atoms with Gasteiger partial charge in [0.2, 0.25) is 0 Å². The van der Waals surface area contributed by atoms with Crippen LogP contribution in [0.25, 0.3) is 10.9 Å². The summed E-state index contributed by atoms with van der Waals surface area (Å²) in [5.74, 6) is 1.19. The van der Waals surface area contributed by atoms with E-state index in [1.54, 1.807) is 24.6 Å². The first-order valence-electron chi connectivity index (χ1n) is 8.14. The molecule has 0 aliphatic carbocycles. The third-order valence-corrected chi connectivity index (χ3v) is 4.89. The Morgan fingerprint density at radius 3 is 2.92 bits per heavy atom. The highest BCUT2D eigenvalue weighted by Crippen LogP contribution is 2.20. The third kappa shape index (κ3) is 3.77. The summed E-state index contributed by atoms with van der Waals surface area (Å²) in [5, 5.41) is 9.34. The molecule has 0 aliphatic heterocycles. The molecule has 0 saturated carbocycles. The lowest BCUT2D eigenvalue weighted by Crippen LogP contribution is -2.12. The molecule has 0 saturated heterocycles. The number of carbonyl (C=O) groups is 1. The van der Waals surface area contributed by atoms with Crippen LogP contribution in [-0.2, 0) is 28.8 Å². The number of ether oxygens (including phenoxy) is 1. The van der Waals surface area contributed by atoms with E-state index in [0.29, 0.717) is 40.1 Å². The Balaban J connectivity index is 1.76. The van der Waals surface area contributed by atoms with Gasteiger partial charge in [-0.15, -0.1) is 10.2 Å². The summed E-state index contributed by atoms with van der Waals surface area (Å²) in [4.78, 5) is 31.2. The number of esters is 1. The molecule has 0 spiro atoms. The maximum atomic E-state index is 12.2. The Morgan fingerprint density at radius 1 is 1.35 bits per heavy atom. The second-order valence-electron chi connectivity index (χ2n) is 5.71. The fraction of sp³-hybridized carbons (Fsp3) is 0.353. The van der Waals surface area contributed by atoms with Gasteiger partial charge in [0, 0.05) is 7.05 Å². The van der Waals surface area contributed by atoms with E-state index in [4.69, 9.17) is 4.74 Å². The number of benzene rings is 1. The number of rotatable bonds is 6. The van der Waals surface area contributed by atoms with Gasteiger partial charge in [-0.05, 0) is 25.5 Å². The lowest BCUT2D eigenvalue weighted by Gasteiger charge is -2.05. The molecule has 0 bridgehead atoms. The summed E-state index contributed by atoms with van der Waals surface area (Å²) in [5.41, 5.74) is 1.50. The maximum Gasteiger partial charge on any atom is 0.313 e. The molecule has 26 heavy (non-hydrogen) atoms. The molecular weight excluding hydrogens is 354 g/mol. The summed E-state index contributed by atoms with van der Waals surface area (Å²) >= 11 is 1.39. The van der Waals surface area contributed by atoms with Crippen molar-refractivity contribution in [3.8, 4) is 0 Å². The quantitative estimate of drug-likeness (QED) is 0.519. The Kier molecular flexibility index (Phi) is 5.36. The van der Waals surface area contributed by atoms with Gasteiger partial charge in [0.1, 0.15) is 18.1 Å². The number of fused-ring (bicyclic) bond motifs is 1. The van der Waals surface area contributed by atoms with Gasteiger partial charge in [-0.2, -0.15) is 0 Å². The van der Waals surface area contributed by atoms with Crippen molar-refractivity contribution >= 4 is 28.6 Å². The average Bonchev–Trinajstić information content (AvgIpc) is 2.94. The molecule has 8 nitrogen and oxygen atoms in total. The van der Waals surface area contributed by atoms with Crippen molar-refractivity contribution in [3.63, 3.8) is 0 Å². The summed E-state index contributed by atoms with van der Waals surface area (Å²) in [6, 6.07) is 5.53. The van der Waals surface area contributed by atoms with E-state index in [-0.39, 0.29) is 17.9 Å². The number of aromatic nitrogens is 5. The molecule has 3 aromatic rings. The molecule has 2 aromatic heterocycles. The van der Waals surface area contributed by atoms with Crippen LogP contribution in [0.1, 0.15) is 24.1 Å². The normalized spacial score (nSPS) is 11.0. The predicted molar refractivity (Wildman–Crippen MR) is 98.0 cm³/mol. The van der Waals surface area contributed by atoms with Crippen LogP contribution in [-0.4, -0.2) is 37.3 Å². The van der Waals surface area contributed by atoms with E-state index in [1.165, 1.54) is 11.8 Å². The number of H-pyrrole nitrogens is 1. The molecule has 3 rings (SSSR count). The summed E-state index contributed by atoms with van der Waals surface area (Å²) in [6.45, 7) is 4.02. The summed E-state index contributed by atoms with van der Waals surface area (Å²) in [6.07, 6.45) is 0.0716. The number of hydrogen-bond donors (Lipinski definition) is 1. The van der Waals surface area contributed by atoms with E-state index in [1.807, 2.05) is 19.1 Å². The maximum absolute atomic E-state index is 12.2. The fourth-order valence-corrected chi connectivity index (χ4v) is 3.32. The van der Waals surface area contributed by atoms with Crippen LogP contribution < -0.4 is 5.56 Å². The van der Waals surface area contributed by atoms with Gasteiger partial charge in [-0.1, -0.05) is 23.9 Å². The zero-order chi connectivity index (χ0) is 18.7. The SMILES string of the molecule is CCOC(=O)Cc1nnc(SCc2nc3c(C)cccc3c(=O)[nH]2)n1C. The van der Waals surface area contributed by atoms with Crippen molar-refractivity contribution in [2.24, 2.45) is 7.05 Å². The largest absolute Gasteiger partial charge is 0.466 e. The molecule has 0 aliphatic rings. The molecule has 9 heteroatoms. The van der Waals surface area contributed by atoms with Gasteiger partial charge in [0.15, 0.2) is 5.16 Å². The Hall–Kier alpha value is -2.68. The van der Waals surface area contributed by atoms with Crippen molar-refractivity contribution in [1.82, 2.24) is 24.7 Å². The van der Waals surface area contributed by atoms with E-state index >= 15 is 0 Å². The first-order chi connectivity index (χ1) is 12.5. The number of hydrogen-bond acceptors (Lipinski definition) is 7. The topological polar surface area (TPSA) is 103 Å². The van der Waals surface area contributed by atoms with Crippen LogP contribution in [0.15, 0.2) is 28.2 Å². The van der Waals surface area contributed by atoms with Crippen LogP contribution in [0.3, 0.4) is 0 Å². The Bertz CT molecular complexity index is 1010. The number of nitrogens with zero attached hydrogens (tertiary/aromatic N) is 4. The molecule has 0 unspecified atom stereocenters. The standard InChI is InChI=1S/C17H19N5O3S/c1-4-25-14(23)8-13-20-21-17(22(13)3)26-9-12-18-15-10(2)6-5-7-11(15)16(24)19-12/h5-7H,4,8-9H2,1-3H3,(H,18,19,24). The lowest BCUT2D eigenvalue weighted by molar-refractivity contribution is -0.142. The van der Waals surface area contributed by atoms with E-state index in [9.17, 15) is 9.59 Å². The molecule has 1 N–H and O–H groups in total. The highest BCUT2D eigenvalue weighted by Gasteiger charge is 2.14. The number of nitrogens with one attached hydrogen (secondary N) is 1. The second-order valence-corrected chi connectivity index (χ2v) is 6.65. The number of aryl methyl sites for hydroxylation is 1. The van der Waals surface area contributed by atoms with Gasteiger partial charge in [0.05, 0.1) is 23.3 Å². The van der Waals surface area contributed by atoms with Crippen LogP contribution >= 0.6 is 11.8 Å². The van der Waals surface area contributed by atoms with Crippen molar-refractivity contribution in [2.75, 3.05) is 6.61 Å². The van der Waals surface area contributed by atoms with Gasteiger partial charge < -0.3 is 14.3 Å². The minimum absolute atomic E-state index is 0.0716. The molecule has 0 amide bonds. The number of aromatic amines is 1. The third-order valence-electron chi connectivity index (χ3n) is 3.86. The summed E-state index contributed by atoms with van der Waals surface area (Å²) in [7, 11) is 1.79. The smallest absolute Gasteiger partial charge is 0.313 e. The first kappa shape index (κ1) is 18.1. The zero-order valence-corrected chi connectivity index (χ0v) is 15.6. The van der Waals surface area contributed by atoms with Gasteiger partial charge in [-0.3, -0.25) is 9.59 Å². The van der Waals surface area contributed by atoms with Crippen LogP contribution in [0, 0.1) is 6.92 Å². The van der Waals surface area contributed by atoms with E-state index in [2.05, 4.69) is 20.2 Å². The lowest BCUT2D eigenvalue weighted by atomic mass is 10.1. The average molecular weight is 373 g/mol. The van der Waals surface area contributed by atoms with Crippen molar-refractivity contribution in [3.05, 3.63) is 45.8 Å². The van der Waals surface area contributed by atoms with Gasteiger partial charge >= 0.3 is 5.97 Å². The minimum Gasteiger partial charge on any atom is -0.466 e. The molecule has 136 valence electrons. The molecule has 0 fully saturated rings. The van der Waals surface area contributed by atoms with Gasteiger partial charge in [0.25, 0.3) is 5.56 Å². The van der Waals surface area contributed by atoms with Crippen molar-refractivity contribution in [2.45, 2.75) is 31.2 Å². The van der Waals surface area contributed by atoms with Crippen molar-refractivity contribution in [1.29, 1.82) is 0 Å². The zero-order valence-electron chi connectivity index (χ0n) is 14.8. The van der Waals surface area contributed by atoms with Gasteiger partial charge in [-0.25, -0.2) is 4.98 Å². The van der Waals surface area contributed by atoms with E-state index < -0.39 is 0 Å². The van der Waals surface area contributed by atoms with Crippen LogP contribution in [0.4, 0.5) is 0 Å². The van der Waals surface area contributed by atoms with Crippen LogP contribution in [0.5, 0.6) is 0 Å². The van der Waals surface area contributed by atoms with E-state index in [0.717, 1.165) is 5.56 Å². The second kappa shape index (κ2) is 7.69. The molecular formula is C17H19N5O3S. The highest BCUT2D eigenvalue weighted by atomic mass is 32.2. The van der Waals surface area contributed by atoms with Crippen LogP contribution in [0.2, 0.25) is 0 Å². The molecule has 0 radical (unpaired) electrons. The van der Waals surface area contributed by atoms with Crippen molar-refractivity contribution < 1.29 is 9.53 Å². The Morgan fingerprint density at radius 2 is 2.15 bits per heavy atom. The molecule has 1 aromatic carbocycles.